The summed E-state index contributed by atoms with van der Waals surface area (Å²) in [5.41, 5.74) is 1.90. The zero-order valence-electron chi connectivity index (χ0n) is 10.5. The molecule has 0 bridgehead atoms. The molecule has 18 heavy (non-hydrogen) atoms. The SMILES string of the molecule is CC1CCC(Cn2ccc3cc(C=O)ccc32)O1. The Bertz CT molecular complexity index is 573. The first kappa shape index (κ1) is 11.5. The van der Waals surface area contributed by atoms with E-state index in [0.717, 1.165) is 36.6 Å². The van der Waals surface area contributed by atoms with Crippen LogP contribution in [0.15, 0.2) is 30.5 Å². The number of hydrogen-bond acceptors (Lipinski definition) is 2. The van der Waals surface area contributed by atoms with Gasteiger partial charge in [0.05, 0.1) is 12.2 Å². The average molecular weight is 243 g/mol. The Labute approximate surface area is 106 Å². The first-order chi connectivity index (χ1) is 8.76. The highest BCUT2D eigenvalue weighted by Gasteiger charge is 2.22. The van der Waals surface area contributed by atoms with Gasteiger partial charge in [0, 0.05) is 29.2 Å². The molecule has 1 aliphatic rings. The van der Waals surface area contributed by atoms with Gasteiger partial charge in [-0.2, -0.15) is 0 Å². The number of benzene rings is 1. The quantitative estimate of drug-likeness (QED) is 0.776. The largest absolute Gasteiger partial charge is 0.373 e. The van der Waals surface area contributed by atoms with Crippen LogP contribution in [-0.4, -0.2) is 23.1 Å². The molecule has 1 aliphatic heterocycles. The van der Waals surface area contributed by atoms with Crippen LogP contribution in [0.1, 0.15) is 30.1 Å². The number of hydrogen-bond donors (Lipinski definition) is 0. The molecule has 2 atom stereocenters. The van der Waals surface area contributed by atoms with Crippen molar-refractivity contribution >= 4 is 17.2 Å². The second-order valence-electron chi connectivity index (χ2n) is 5.05. The Morgan fingerprint density at radius 2 is 2.28 bits per heavy atom. The van der Waals surface area contributed by atoms with E-state index >= 15 is 0 Å². The van der Waals surface area contributed by atoms with Crippen molar-refractivity contribution in [3.63, 3.8) is 0 Å². The van der Waals surface area contributed by atoms with Crippen LogP contribution in [-0.2, 0) is 11.3 Å². The van der Waals surface area contributed by atoms with E-state index in [4.69, 9.17) is 4.74 Å². The second kappa shape index (κ2) is 4.58. The van der Waals surface area contributed by atoms with Gasteiger partial charge in [-0.1, -0.05) is 0 Å². The summed E-state index contributed by atoms with van der Waals surface area (Å²) < 4.78 is 8.07. The lowest BCUT2D eigenvalue weighted by Crippen LogP contribution is -2.15. The molecular weight excluding hydrogens is 226 g/mol. The number of ether oxygens (including phenoxy) is 1. The summed E-state index contributed by atoms with van der Waals surface area (Å²) in [6.45, 7) is 3.03. The Kier molecular flexibility index (Phi) is 2.92. The van der Waals surface area contributed by atoms with Gasteiger partial charge in [0.1, 0.15) is 6.29 Å². The molecule has 0 N–H and O–H groups in total. The Morgan fingerprint density at radius 3 is 3.00 bits per heavy atom. The number of carbonyl (C=O) groups is 1. The fourth-order valence-electron chi connectivity index (χ4n) is 2.69. The fraction of sp³-hybridized carbons (Fsp3) is 0.400. The Hall–Kier alpha value is -1.61. The van der Waals surface area contributed by atoms with Gasteiger partial charge in [0.15, 0.2) is 0 Å². The van der Waals surface area contributed by atoms with E-state index in [2.05, 4.69) is 23.8 Å². The van der Waals surface area contributed by atoms with Crippen LogP contribution in [0.2, 0.25) is 0 Å². The standard InChI is InChI=1S/C15H17NO2/c1-11-2-4-14(18-11)9-16-7-6-13-8-12(10-17)3-5-15(13)16/h3,5-8,10-11,14H,2,4,9H2,1H3. The maximum Gasteiger partial charge on any atom is 0.150 e. The third-order valence-corrected chi connectivity index (χ3v) is 3.65. The van der Waals surface area contributed by atoms with Gasteiger partial charge in [-0.3, -0.25) is 4.79 Å². The fourth-order valence-corrected chi connectivity index (χ4v) is 2.69. The van der Waals surface area contributed by atoms with Crippen LogP contribution < -0.4 is 0 Å². The molecule has 94 valence electrons. The predicted molar refractivity (Wildman–Crippen MR) is 70.9 cm³/mol. The summed E-state index contributed by atoms with van der Waals surface area (Å²) in [7, 11) is 0. The molecule has 1 fully saturated rings. The number of aldehydes is 1. The van der Waals surface area contributed by atoms with Gasteiger partial charge >= 0.3 is 0 Å². The molecule has 0 saturated carbocycles. The molecule has 2 aromatic rings. The van der Waals surface area contributed by atoms with Crippen molar-refractivity contribution in [1.29, 1.82) is 0 Å². The van der Waals surface area contributed by atoms with E-state index in [9.17, 15) is 4.79 Å². The first-order valence-corrected chi connectivity index (χ1v) is 6.46. The van der Waals surface area contributed by atoms with Crippen molar-refractivity contribution in [3.05, 3.63) is 36.0 Å². The zero-order chi connectivity index (χ0) is 12.5. The Balaban J connectivity index is 1.86. The molecule has 2 unspecified atom stereocenters. The summed E-state index contributed by atoms with van der Waals surface area (Å²) in [6, 6.07) is 7.86. The second-order valence-corrected chi connectivity index (χ2v) is 5.05. The number of nitrogens with zero attached hydrogens (tertiary/aromatic N) is 1. The van der Waals surface area contributed by atoms with Crippen LogP contribution in [0.3, 0.4) is 0 Å². The van der Waals surface area contributed by atoms with Crippen molar-refractivity contribution in [2.24, 2.45) is 0 Å². The van der Waals surface area contributed by atoms with Crippen molar-refractivity contribution in [2.75, 3.05) is 0 Å². The van der Waals surface area contributed by atoms with Crippen LogP contribution in [0.25, 0.3) is 10.9 Å². The molecule has 1 aromatic heterocycles. The van der Waals surface area contributed by atoms with Gasteiger partial charge in [0.2, 0.25) is 0 Å². The van der Waals surface area contributed by atoms with E-state index in [1.165, 1.54) is 5.52 Å². The van der Waals surface area contributed by atoms with Crippen molar-refractivity contribution in [2.45, 2.75) is 38.5 Å². The van der Waals surface area contributed by atoms with Gasteiger partial charge < -0.3 is 9.30 Å². The van der Waals surface area contributed by atoms with Crippen LogP contribution in [0, 0.1) is 0 Å². The molecule has 3 rings (SSSR count). The highest BCUT2D eigenvalue weighted by molar-refractivity contribution is 5.87. The number of carbonyl (C=O) groups excluding carboxylic acids is 1. The smallest absolute Gasteiger partial charge is 0.150 e. The van der Waals surface area contributed by atoms with E-state index in [1.54, 1.807) is 0 Å². The molecule has 0 amide bonds. The molecule has 1 saturated heterocycles. The van der Waals surface area contributed by atoms with Gasteiger partial charge in [-0.15, -0.1) is 0 Å². The number of rotatable bonds is 3. The van der Waals surface area contributed by atoms with E-state index in [1.807, 2.05) is 18.2 Å². The highest BCUT2D eigenvalue weighted by Crippen LogP contribution is 2.23. The van der Waals surface area contributed by atoms with Gasteiger partial charge in [-0.05, 0) is 44.0 Å². The highest BCUT2D eigenvalue weighted by atomic mass is 16.5. The summed E-state index contributed by atoms with van der Waals surface area (Å²) in [5.74, 6) is 0. The molecule has 0 spiro atoms. The molecule has 0 radical (unpaired) electrons. The lowest BCUT2D eigenvalue weighted by molar-refractivity contribution is 0.0465. The van der Waals surface area contributed by atoms with Crippen LogP contribution in [0.5, 0.6) is 0 Å². The van der Waals surface area contributed by atoms with Crippen LogP contribution in [0.4, 0.5) is 0 Å². The number of fused-ring (bicyclic) bond motifs is 1. The zero-order valence-corrected chi connectivity index (χ0v) is 10.5. The normalized spacial score (nSPS) is 23.6. The minimum absolute atomic E-state index is 0.321. The van der Waals surface area contributed by atoms with E-state index in [-0.39, 0.29) is 0 Å². The van der Waals surface area contributed by atoms with Gasteiger partial charge in [-0.25, -0.2) is 0 Å². The summed E-state index contributed by atoms with van der Waals surface area (Å²) in [5, 5.41) is 1.12. The van der Waals surface area contributed by atoms with Crippen molar-refractivity contribution < 1.29 is 9.53 Å². The lowest BCUT2D eigenvalue weighted by atomic mass is 10.2. The van der Waals surface area contributed by atoms with Crippen molar-refractivity contribution in [1.82, 2.24) is 4.57 Å². The molecule has 1 aromatic carbocycles. The third-order valence-electron chi connectivity index (χ3n) is 3.65. The minimum Gasteiger partial charge on any atom is -0.373 e. The molecule has 3 nitrogen and oxygen atoms in total. The predicted octanol–water partition coefficient (Wildman–Crippen LogP) is 3.02. The van der Waals surface area contributed by atoms with Crippen LogP contribution >= 0.6 is 0 Å². The summed E-state index contributed by atoms with van der Waals surface area (Å²) in [4.78, 5) is 10.7. The van der Waals surface area contributed by atoms with Crippen molar-refractivity contribution in [3.8, 4) is 0 Å². The van der Waals surface area contributed by atoms with Gasteiger partial charge in [0.25, 0.3) is 0 Å². The summed E-state index contributed by atoms with van der Waals surface area (Å²) >= 11 is 0. The molecule has 0 aliphatic carbocycles. The minimum atomic E-state index is 0.321. The maximum absolute atomic E-state index is 10.7. The van der Waals surface area contributed by atoms with E-state index in [0.29, 0.717) is 12.2 Å². The summed E-state index contributed by atoms with van der Waals surface area (Å²) in [6.07, 6.45) is 5.95. The molecular formula is C15H17NO2. The Morgan fingerprint density at radius 1 is 1.39 bits per heavy atom. The molecule has 3 heteroatoms. The topological polar surface area (TPSA) is 31.2 Å². The average Bonchev–Trinajstić information content (AvgIpc) is 2.96. The van der Waals surface area contributed by atoms with E-state index < -0.39 is 0 Å². The maximum atomic E-state index is 10.7. The number of aromatic nitrogens is 1. The first-order valence-electron chi connectivity index (χ1n) is 6.46. The monoisotopic (exact) mass is 243 g/mol. The lowest BCUT2D eigenvalue weighted by Gasteiger charge is -2.13. The molecule has 2 heterocycles. The third kappa shape index (κ3) is 2.06.